The van der Waals surface area contributed by atoms with Crippen LogP contribution in [0.25, 0.3) is 0 Å². The van der Waals surface area contributed by atoms with E-state index in [-0.39, 0.29) is 12.4 Å². The van der Waals surface area contributed by atoms with E-state index < -0.39 is 0 Å². The van der Waals surface area contributed by atoms with Gasteiger partial charge in [0.15, 0.2) is 0 Å². The fourth-order valence-electron chi connectivity index (χ4n) is 1.43. The van der Waals surface area contributed by atoms with Crippen LogP contribution in [0.15, 0.2) is 45.3 Å². The Hall–Kier alpha value is -0.860. The van der Waals surface area contributed by atoms with Crippen molar-refractivity contribution in [2.75, 3.05) is 0 Å². The van der Waals surface area contributed by atoms with Gasteiger partial charge < -0.3 is 5.73 Å². The molecule has 2 aromatic rings. The summed E-state index contributed by atoms with van der Waals surface area (Å²) in [4.78, 5) is 0. The van der Waals surface area contributed by atoms with Crippen LogP contribution < -0.4 is 5.73 Å². The van der Waals surface area contributed by atoms with E-state index in [1.165, 1.54) is 5.56 Å². The highest BCUT2D eigenvalue weighted by molar-refractivity contribution is 9.10. The second kappa shape index (κ2) is 9.97. The van der Waals surface area contributed by atoms with Crippen LogP contribution >= 0.6 is 44.3 Å². The van der Waals surface area contributed by atoms with Crippen LogP contribution in [0.2, 0.25) is 0 Å². The van der Waals surface area contributed by atoms with Crippen LogP contribution in [-0.4, -0.2) is 0 Å². The van der Waals surface area contributed by atoms with Crippen LogP contribution in [0.3, 0.4) is 0 Å². The molecule has 5 heteroatoms. The van der Waals surface area contributed by atoms with E-state index in [4.69, 9.17) is 11.0 Å². The maximum Gasteiger partial charge on any atom is 0.0992 e. The maximum atomic E-state index is 8.48. The van der Waals surface area contributed by atoms with Crippen molar-refractivity contribution in [2.45, 2.75) is 20.4 Å². The number of rotatable bonds is 1. The van der Waals surface area contributed by atoms with Gasteiger partial charge in [-0.1, -0.05) is 50.1 Å². The summed E-state index contributed by atoms with van der Waals surface area (Å²) in [5.74, 6) is 0. The fraction of sp³-hybridized carbons (Fsp3) is 0.188. The number of nitriles is 1. The zero-order valence-corrected chi connectivity index (χ0v) is 15.8. The Morgan fingerprint density at radius 1 is 1.00 bits per heavy atom. The quantitative estimate of drug-likeness (QED) is 0.668. The zero-order valence-electron chi connectivity index (χ0n) is 11.9. The number of benzene rings is 2. The van der Waals surface area contributed by atoms with Crippen molar-refractivity contribution in [3.8, 4) is 6.07 Å². The second-order valence-electron chi connectivity index (χ2n) is 4.36. The number of hydrogen-bond donors (Lipinski definition) is 1. The Morgan fingerprint density at radius 2 is 1.52 bits per heavy atom. The molecule has 0 saturated heterocycles. The number of nitrogens with two attached hydrogens (primary N) is 1. The van der Waals surface area contributed by atoms with Crippen molar-refractivity contribution in [2.24, 2.45) is 5.73 Å². The first-order valence-electron chi connectivity index (χ1n) is 6.09. The Labute approximate surface area is 149 Å². The molecule has 2 N–H and O–H groups in total. The van der Waals surface area contributed by atoms with Crippen LogP contribution in [0.1, 0.15) is 22.3 Å². The molecular formula is C16H17Br2ClN2. The summed E-state index contributed by atoms with van der Waals surface area (Å²) in [6.45, 7) is 4.66. The maximum absolute atomic E-state index is 8.48. The summed E-state index contributed by atoms with van der Waals surface area (Å²) < 4.78 is 2.13. The molecule has 0 atom stereocenters. The third kappa shape index (κ3) is 6.62. The molecular weight excluding hydrogens is 415 g/mol. The average molecular weight is 433 g/mol. The van der Waals surface area contributed by atoms with E-state index in [9.17, 15) is 0 Å². The molecule has 0 heterocycles. The first-order chi connectivity index (χ1) is 9.47. The Kier molecular flexibility index (Phi) is 9.56. The first kappa shape index (κ1) is 20.1. The first-order valence-corrected chi connectivity index (χ1v) is 7.68. The predicted octanol–water partition coefficient (Wildman–Crippen LogP) is 5.27. The van der Waals surface area contributed by atoms with E-state index in [1.807, 2.05) is 25.1 Å². The minimum absolute atomic E-state index is 0. The van der Waals surface area contributed by atoms with E-state index in [0.717, 1.165) is 20.1 Å². The van der Waals surface area contributed by atoms with Gasteiger partial charge in [-0.25, -0.2) is 0 Å². The highest BCUT2D eigenvalue weighted by Crippen LogP contribution is 2.17. The standard InChI is InChI=1S/C8H10BrN.C8H6BrN.ClH/c2*1-6-2-3-7(5-10)4-8(6)9;/h2-4H,5,10H2,1H3;2-4H,1H3;1H. The monoisotopic (exact) mass is 430 g/mol. The van der Waals surface area contributed by atoms with E-state index in [1.54, 1.807) is 6.07 Å². The molecule has 112 valence electrons. The van der Waals surface area contributed by atoms with Crippen molar-refractivity contribution in [3.05, 3.63) is 67.6 Å². The smallest absolute Gasteiger partial charge is 0.0992 e. The summed E-state index contributed by atoms with van der Waals surface area (Å²) in [6.07, 6.45) is 0. The largest absolute Gasteiger partial charge is 0.326 e. The number of nitrogens with zero attached hydrogens (tertiary/aromatic N) is 1. The molecule has 2 nitrogen and oxygen atoms in total. The van der Waals surface area contributed by atoms with E-state index >= 15 is 0 Å². The normalized spacial score (nSPS) is 8.95. The minimum Gasteiger partial charge on any atom is -0.326 e. The van der Waals surface area contributed by atoms with E-state index in [2.05, 4.69) is 57.0 Å². The summed E-state index contributed by atoms with van der Waals surface area (Å²) in [5.41, 5.74) is 9.70. The predicted molar refractivity (Wildman–Crippen MR) is 97.6 cm³/mol. The lowest BCUT2D eigenvalue weighted by Gasteiger charge is -1.99. The van der Waals surface area contributed by atoms with Crippen molar-refractivity contribution >= 4 is 44.3 Å². The second-order valence-corrected chi connectivity index (χ2v) is 6.07. The molecule has 21 heavy (non-hydrogen) atoms. The molecule has 2 aromatic carbocycles. The Bertz CT molecular complexity index is 637. The molecule has 0 radical (unpaired) electrons. The molecule has 0 spiro atoms. The minimum atomic E-state index is 0. The van der Waals surface area contributed by atoms with Gasteiger partial charge in [-0.05, 0) is 48.7 Å². The van der Waals surface area contributed by atoms with Gasteiger partial charge in [0, 0.05) is 15.5 Å². The van der Waals surface area contributed by atoms with E-state index in [0.29, 0.717) is 12.1 Å². The van der Waals surface area contributed by atoms with Crippen molar-refractivity contribution in [1.82, 2.24) is 0 Å². The number of halogens is 3. The van der Waals surface area contributed by atoms with Crippen LogP contribution in [0.4, 0.5) is 0 Å². The molecule has 0 aromatic heterocycles. The van der Waals surface area contributed by atoms with Crippen molar-refractivity contribution in [3.63, 3.8) is 0 Å². The SMILES string of the molecule is Cc1ccc(C#N)cc1Br.Cc1ccc(CN)cc1Br.Cl. The fourth-order valence-corrected chi connectivity index (χ4v) is 2.23. The molecule has 0 aliphatic rings. The molecule has 0 unspecified atom stereocenters. The molecule has 0 aliphatic heterocycles. The van der Waals surface area contributed by atoms with Crippen molar-refractivity contribution in [1.29, 1.82) is 5.26 Å². The van der Waals surface area contributed by atoms with Crippen LogP contribution in [-0.2, 0) is 6.54 Å². The van der Waals surface area contributed by atoms with Gasteiger partial charge >= 0.3 is 0 Å². The average Bonchev–Trinajstić information content (AvgIpc) is 2.45. The lowest BCUT2D eigenvalue weighted by Crippen LogP contribution is -1.95. The third-order valence-corrected chi connectivity index (χ3v) is 4.48. The van der Waals surface area contributed by atoms with Gasteiger partial charge in [-0.3, -0.25) is 0 Å². The zero-order chi connectivity index (χ0) is 15.1. The van der Waals surface area contributed by atoms with Gasteiger partial charge in [0.1, 0.15) is 0 Å². The lowest BCUT2D eigenvalue weighted by atomic mass is 10.2. The van der Waals surface area contributed by atoms with Crippen LogP contribution in [0, 0.1) is 25.2 Å². The highest BCUT2D eigenvalue weighted by atomic mass is 79.9. The van der Waals surface area contributed by atoms with Gasteiger partial charge in [0.2, 0.25) is 0 Å². The van der Waals surface area contributed by atoms with Gasteiger partial charge in [-0.15, -0.1) is 12.4 Å². The third-order valence-electron chi connectivity index (χ3n) is 2.77. The molecule has 0 saturated carbocycles. The lowest BCUT2D eigenvalue weighted by molar-refractivity contribution is 1.07. The summed E-state index contributed by atoms with van der Waals surface area (Å²) >= 11 is 6.77. The summed E-state index contributed by atoms with van der Waals surface area (Å²) in [5, 5.41) is 8.48. The number of hydrogen-bond acceptors (Lipinski definition) is 2. The molecule has 2 rings (SSSR count). The van der Waals surface area contributed by atoms with Gasteiger partial charge in [-0.2, -0.15) is 5.26 Å². The summed E-state index contributed by atoms with van der Waals surface area (Å²) in [7, 11) is 0. The summed E-state index contributed by atoms with van der Waals surface area (Å²) in [6, 6.07) is 13.8. The molecule has 0 aliphatic carbocycles. The van der Waals surface area contributed by atoms with Gasteiger partial charge in [0.25, 0.3) is 0 Å². The van der Waals surface area contributed by atoms with Crippen LogP contribution in [0.5, 0.6) is 0 Å². The number of aryl methyl sites for hydroxylation is 2. The Morgan fingerprint density at radius 3 is 1.95 bits per heavy atom. The molecule has 0 fully saturated rings. The van der Waals surface area contributed by atoms with Crippen molar-refractivity contribution < 1.29 is 0 Å². The Balaban J connectivity index is 0.000000364. The highest BCUT2D eigenvalue weighted by Gasteiger charge is 1.94. The topological polar surface area (TPSA) is 49.8 Å². The molecule has 0 amide bonds. The van der Waals surface area contributed by atoms with Gasteiger partial charge in [0.05, 0.1) is 11.6 Å². The molecule has 0 bridgehead atoms.